The lowest BCUT2D eigenvalue weighted by Gasteiger charge is -2.24. The van der Waals surface area contributed by atoms with Crippen molar-refractivity contribution < 1.29 is 4.79 Å². The Morgan fingerprint density at radius 2 is 2.32 bits per heavy atom. The lowest BCUT2D eigenvalue weighted by atomic mass is 9.95. The zero-order valence-electron chi connectivity index (χ0n) is 11.0. The minimum Gasteiger partial charge on any atom is -0.340 e. The summed E-state index contributed by atoms with van der Waals surface area (Å²) in [4.78, 5) is 15.4. The van der Waals surface area contributed by atoms with Crippen molar-refractivity contribution in [3.63, 3.8) is 0 Å². The molecule has 1 aromatic heterocycles. The molecule has 0 aromatic carbocycles. The van der Waals surface area contributed by atoms with E-state index < -0.39 is 0 Å². The molecule has 1 aliphatic rings. The smallest absolute Gasteiger partial charge is 0.226 e. The van der Waals surface area contributed by atoms with E-state index in [2.05, 4.69) is 22.0 Å². The van der Waals surface area contributed by atoms with Gasteiger partial charge in [-0.25, -0.2) is 0 Å². The van der Waals surface area contributed by atoms with Gasteiger partial charge in [-0.2, -0.15) is 0 Å². The lowest BCUT2D eigenvalue weighted by molar-refractivity contribution is -0.135. The Balaban J connectivity index is 0.00000180. The first kappa shape index (κ1) is 17.0. The average Bonchev–Trinajstić information content (AvgIpc) is 2.96. The number of hydrogen-bond donors (Lipinski definition) is 1. The fourth-order valence-corrected chi connectivity index (χ4v) is 4.18. The maximum Gasteiger partial charge on any atom is 0.226 e. The third kappa shape index (κ3) is 4.18. The number of hydrogen-bond acceptors (Lipinski definition) is 3. The van der Waals surface area contributed by atoms with Gasteiger partial charge in [-0.15, -0.1) is 23.7 Å². The molecule has 19 heavy (non-hydrogen) atoms. The maximum atomic E-state index is 12.4. The molecule has 0 radical (unpaired) electrons. The Bertz CT molecular complexity index is 427. The highest BCUT2D eigenvalue weighted by atomic mass is 79.9. The van der Waals surface area contributed by atoms with Crippen LogP contribution in [0.15, 0.2) is 15.9 Å². The monoisotopic (exact) mass is 366 g/mol. The lowest BCUT2D eigenvalue weighted by Crippen LogP contribution is -2.36. The Morgan fingerprint density at radius 3 is 2.89 bits per heavy atom. The van der Waals surface area contributed by atoms with Crippen LogP contribution in [0.5, 0.6) is 0 Å². The van der Waals surface area contributed by atoms with Crippen molar-refractivity contribution in [3.8, 4) is 0 Å². The van der Waals surface area contributed by atoms with Gasteiger partial charge in [0.05, 0.1) is 6.54 Å². The molecule has 0 saturated heterocycles. The van der Waals surface area contributed by atoms with Gasteiger partial charge >= 0.3 is 0 Å². The Labute approximate surface area is 133 Å². The summed E-state index contributed by atoms with van der Waals surface area (Å²) in [6.45, 7) is 1.33. The Hall–Kier alpha value is -0.100. The van der Waals surface area contributed by atoms with Crippen LogP contribution in [0.3, 0.4) is 0 Å². The van der Waals surface area contributed by atoms with E-state index in [-0.39, 0.29) is 24.2 Å². The molecule has 3 nitrogen and oxygen atoms in total. The van der Waals surface area contributed by atoms with Crippen LogP contribution in [0.1, 0.15) is 24.1 Å². The molecular weight excluding hydrogens is 348 g/mol. The number of rotatable bonds is 4. The van der Waals surface area contributed by atoms with E-state index in [0.717, 1.165) is 23.7 Å². The largest absolute Gasteiger partial charge is 0.340 e. The van der Waals surface area contributed by atoms with Crippen molar-refractivity contribution in [1.82, 2.24) is 4.90 Å². The quantitative estimate of drug-likeness (QED) is 0.888. The molecule has 1 heterocycles. The van der Waals surface area contributed by atoms with Gasteiger partial charge in [0.2, 0.25) is 5.91 Å². The summed E-state index contributed by atoms with van der Waals surface area (Å²) in [6.07, 6.45) is 3.24. The second-order valence-electron chi connectivity index (χ2n) is 4.96. The van der Waals surface area contributed by atoms with Crippen LogP contribution in [0.25, 0.3) is 0 Å². The molecule has 1 fully saturated rings. The number of nitrogens with zero attached hydrogens (tertiary/aromatic N) is 1. The first-order valence-corrected chi connectivity index (χ1v) is 7.97. The van der Waals surface area contributed by atoms with Gasteiger partial charge in [-0.05, 0) is 47.3 Å². The van der Waals surface area contributed by atoms with Crippen LogP contribution >= 0.6 is 39.7 Å². The molecule has 0 aliphatic heterocycles. The Kier molecular flexibility index (Phi) is 6.80. The standard InChI is InChI=1S/C13H19BrN2OS.ClH/c1-16(7-11-5-10(14)8-18-11)13(17)12-4-2-3-9(12)6-15;/h5,8-9,12H,2-4,6-7,15H2,1H3;1H/t9-,12-;/m1./s1. The highest BCUT2D eigenvalue weighted by Crippen LogP contribution is 2.32. The van der Waals surface area contributed by atoms with Gasteiger partial charge in [0.25, 0.3) is 0 Å². The van der Waals surface area contributed by atoms with Crippen LogP contribution in [0.2, 0.25) is 0 Å². The van der Waals surface area contributed by atoms with Crippen LogP contribution in [-0.2, 0) is 11.3 Å². The van der Waals surface area contributed by atoms with Crippen molar-refractivity contribution in [3.05, 3.63) is 20.8 Å². The van der Waals surface area contributed by atoms with Crippen LogP contribution in [0.4, 0.5) is 0 Å². The molecule has 2 N–H and O–H groups in total. The first-order valence-electron chi connectivity index (χ1n) is 6.29. The second-order valence-corrected chi connectivity index (χ2v) is 6.87. The van der Waals surface area contributed by atoms with Gasteiger partial charge < -0.3 is 10.6 Å². The fraction of sp³-hybridized carbons (Fsp3) is 0.615. The molecule has 1 saturated carbocycles. The molecule has 6 heteroatoms. The number of nitrogens with two attached hydrogens (primary N) is 1. The highest BCUT2D eigenvalue weighted by Gasteiger charge is 2.33. The summed E-state index contributed by atoms with van der Waals surface area (Å²) in [5, 5.41) is 2.05. The van der Waals surface area contributed by atoms with Crippen molar-refractivity contribution in [2.24, 2.45) is 17.6 Å². The summed E-state index contributed by atoms with van der Waals surface area (Å²) in [7, 11) is 1.89. The molecule has 0 unspecified atom stereocenters. The van der Waals surface area contributed by atoms with Crippen LogP contribution < -0.4 is 5.73 Å². The number of carbonyl (C=O) groups is 1. The van der Waals surface area contributed by atoms with Gasteiger partial charge in [-0.3, -0.25) is 4.79 Å². The van der Waals surface area contributed by atoms with Gasteiger partial charge in [0.15, 0.2) is 0 Å². The Morgan fingerprint density at radius 1 is 1.58 bits per heavy atom. The van der Waals surface area contributed by atoms with Gasteiger partial charge in [-0.1, -0.05) is 6.42 Å². The summed E-state index contributed by atoms with van der Waals surface area (Å²) >= 11 is 5.12. The van der Waals surface area contributed by atoms with Crippen molar-refractivity contribution >= 4 is 45.6 Å². The summed E-state index contributed by atoms with van der Waals surface area (Å²) < 4.78 is 1.09. The van der Waals surface area contributed by atoms with Crippen LogP contribution in [0, 0.1) is 11.8 Å². The fourth-order valence-electron chi connectivity index (χ4n) is 2.68. The molecule has 1 amide bonds. The molecule has 2 atom stereocenters. The summed E-state index contributed by atoms with van der Waals surface area (Å²) in [5.74, 6) is 0.783. The van der Waals surface area contributed by atoms with E-state index in [1.807, 2.05) is 17.3 Å². The number of amides is 1. The van der Waals surface area contributed by atoms with Gasteiger partial charge in [0, 0.05) is 27.7 Å². The minimum absolute atomic E-state index is 0. The zero-order chi connectivity index (χ0) is 13.1. The molecule has 1 aliphatic carbocycles. The van der Waals surface area contributed by atoms with Gasteiger partial charge in [0.1, 0.15) is 0 Å². The highest BCUT2D eigenvalue weighted by molar-refractivity contribution is 9.10. The summed E-state index contributed by atoms with van der Waals surface area (Å²) in [6, 6.07) is 2.07. The second kappa shape index (κ2) is 7.62. The molecule has 1 aromatic rings. The topological polar surface area (TPSA) is 46.3 Å². The zero-order valence-corrected chi connectivity index (χ0v) is 14.2. The van der Waals surface area contributed by atoms with Crippen molar-refractivity contribution in [2.45, 2.75) is 25.8 Å². The average molecular weight is 368 g/mol. The molecule has 0 bridgehead atoms. The van der Waals surface area contributed by atoms with E-state index in [9.17, 15) is 4.79 Å². The molecule has 2 rings (SSSR count). The van der Waals surface area contributed by atoms with E-state index in [0.29, 0.717) is 19.0 Å². The molecule has 108 valence electrons. The predicted octanol–water partition coefficient (Wildman–Crippen LogP) is 3.27. The number of carbonyl (C=O) groups excluding carboxylic acids is 1. The number of halogens is 2. The SMILES string of the molecule is CN(Cc1cc(Br)cs1)C(=O)[C@@H]1CCC[C@@H]1CN.Cl. The predicted molar refractivity (Wildman–Crippen MR) is 85.6 cm³/mol. The third-order valence-electron chi connectivity index (χ3n) is 3.67. The van der Waals surface area contributed by atoms with E-state index in [4.69, 9.17) is 5.73 Å². The maximum absolute atomic E-state index is 12.4. The van der Waals surface area contributed by atoms with E-state index >= 15 is 0 Å². The van der Waals surface area contributed by atoms with E-state index in [1.165, 1.54) is 4.88 Å². The third-order valence-corrected chi connectivity index (χ3v) is 5.35. The van der Waals surface area contributed by atoms with Crippen LogP contribution in [-0.4, -0.2) is 24.4 Å². The van der Waals surface area contributed by atoms with Crippen molar-refractivity contribution in [2.75, 3.05) is 13.6 Å². The normalized spacial score (nSPS) is 22.1. The minimum atomic E-state index is 0. The van der Waals surface area contributed by atoms with E-state index in [1.54, 1.807) is 11.3 Å². The molecular formula is C13H20BrClN2OS. The first-order chi connectivity index (χ1) is 8.61. The molecule has 0 spiro atoms. The van der Waals surface area contributed by atoms with Crippen molar-refractivity contribution in [1.29, 1.82) is 0 Å². The summed E-state index contributed by atoms with van der Waals surface area (Å²) in [5.41, 5.74) is 5.74. The number of thiophene rings is 1.